The van der Waals surface area contributed by atoms with Gasteiger partial charge in [0.25, 0.3) is 0 Å². The molecule has 0 aliphatic carbocycles. The number of likely N-dealkylation sites (N-methyl/N-ethyl adjacent to an activating group) is 1. The van der Waals surface area contributed by atoms with Crippen LogP contribution in [0.25, 0.3) is 0 Å². The Morgan fingerprint density at radius 2 is 1.70 bits per heavy atom. The molecule has 5 amide bonds. The summed E-state index contributed by atoms with van der Waals surface area (Å²) in [6, 6.07) is 9.26. The first-order valence-electron chi connectivity index (χ1n) is 17.0. The second-order valence-electron chi connectivity index (χ2n) is 11.4. The van der Waals surface area contributed by atoms with Crippen molar-refractivity contribution in [2.75, 3.05) is 39.9 Å². The number of allylic oxidation sites excluding steroid dienone is 3. The molecule has 1 aromatic carbocycles. The zero-order valence-electron chi connectivity index (χ0n) is 30.0. The number of methoxy groups -OCH3 is 1. The fourth-order valence-corrected chi connectivity index (χ4v) is 5.68. The van der Waals surface area contributed by atoms with Crippen LogP contribution in [-0.4, -0.2) is 90.7 Å². The van der Waals surface area contributed by atoms with Crippen molar-refractivity contribution < 1.29 is 19.1 Å². The van der Waals surface area contributed by atoms with E-state index in [-0.39, 0.29) is 36.0 Å². The van der Waals surface area contributed by atoms with E-state index in [9.17, 15) is 14.4 Å². The van der Waals surface area contributed by atoms with E-state index in [0.29, 0.717) is 51.1 Å². The molecule has 1 unspecified atom stereocenters. The third-order valence-electron chi connectivity index (χ3n) is 8.55. The third-order valence-corrected chi connectivity index (χ3v) is 8.55. The van der Waals surface area contributed by atoms with Crippen LogP contribution in [0.15, 0.2) is 66.4 Å². The van der Waals surface area contributed by atoms with Crippen LogP contribution in [0.4, 0.5) is 9.59 Å². The Bertz CT molecular complexity index is 1130. The molecule has 0 saturated carbocycles. The number of urea groups is 2. The SMILES string of the molecule is C=C(NC(=O)N(C(C)/C=C\C)C1CCN(C(=O)N[C@@H]2CC[C@@H](c3ccccc3)CN(CC)C2=O)CC1)/C(C)=C\C.CC.CCOC. The van der Waals surface area contributed by atoms with Gasteiger partial charge in [0.05, 0.1) is 0 Å². The van der Waals surface area contributed by atoms with Crippen LogP contribution < -0.4 is 10.6 Å². The fourth-order valence-electron chi connectivity index (χ4n) is 5.68. The molecule has 1 aromatic rings. The molecular formula is C37H61N5O4. The molecule has 3 rings (SSSR count). The zero-order valence-corrected chi connectivity index (χ0v) is 30.0. The monoisotopic (exact) mass is 639 g/mol. The van der Waals surface area contributed by atoms with Gasteiger partial charge in [-0.25, -0.2) is 9.59 Å². The Kier molecular flexibility index (Phi) is 19.4. The van der Waals surface area contributed by atoms with E-state index in [0.717, 1.165) is 18.6 Å². The van der Waals surface area contributed by atoms with Crippen molar-refractivity contribution in [3.05, 3.63) is 72.0 Å². The van der Waals surface area contributed by atoms with E-state index >= 15 is 0 Å². The number of nitrogens with one attached hydrogen (secondary N) is 2. The smallest absolute Gasteiger partial charge is 0.322 e. The van der Waals surface area contributed by atoms with E-state index in [1.165, 1.54) is 5.56 Å². The van der Waals surface area contributed by atoms with Crippen LogP contribution in [-0.2, 0) is 9.53 Å². The highest BCUT2D eigenvalue weighted by Gasteiger charge is 2.35. The number of hydrogen-bond acceptors (Lipinski definition) is 4. The predicted octanol–water partition coefficient (Wildman–Crippen LogP) is 7.09. The minimum absolute atomic E-state index is 0.0103. The Morgan fingerprint density at radius 3 is 2.22 bits per heavy atom. The predicted molar refractivity (Wildman–Crippen MR) is 190 cm³/mol. The van der Waals surface area contributed by atoms with Gasteiger partial charge in [-0.15, -0.1) is 0 Å². The Labute approximate surface area is 279 Å². The zero-order chi connectivity index (χ0) is 34.6. The Morgan fingerprint density at radius 1 is 1.09 bits per heavy atom. The summed E-state index contributed by atoms with van der Waals surface area (Å²) in [6.07, 6.45) is 8.64. The molecule has 0 radical (unpaired) electrons. The first-order valence-corrected chi connectivity index (χ1v) is 17.0. The van der Waals surface area contributed by atoms with Gasteiger partial charge in [0.1, 0.15) is 6.04 Å². The molecule has 2 heterocycles. The number of likely N-dealkylation sites (tertiary alicyclic amines) is 2. The maximum Gasteiger partial charge on any atom is 0.322 e. The number of amides is 5. The number of ether oxygens (including phenoxy) is 1. The second-order valence-corrected chi connectivity index (χ2v) is 11.4. The van der Waals surface area contributed by atoms with Crippen LogP contribution in [0.5, 0.6) is 0 Å². The van der Waals surface area contributed by atoms with Crippen LogP contribution in [0.1, 0.15) is 92.6 Å². The highest BCUT2D eigenvalue weighted by molar-refractivity contribution is 5.87. The van der Waals surface area contributed by atoms with Gasteiger partial charge in [-0.3, -0.25) is 4.79 Å². The number of carbonyl (C=O) groups excluding carboxylic acids is 3. The van der Waals surface area contributed by atoms with E-state index in [1.54, 1.807) is 12.0 Å². The molecule has 0 bridgehead atoms. The number of carbonyl (C=O) groups is 3. The van der Waals surface area contributed by atoms with Crippen molar-refractivity contribution in [1.82, 2.24) is 25.3 Å². The topological polar surface area (TPSA) is 94.2 Å². The highest BCUT2D eigenvalue weighted by atomic mass is 16.5. The number of piperidine rings is 1. The summed E-state index contributed by atoms with van der Waals surface area (Å²) in [5.41, 5.74) is 2.74. The first-order chi connectivity index (χ1) is 22.1. The molecule has 0 spiro atoms. The normalized spacial score (nSPS) is 19.6. The van der Waals surface area contributed by atoms with E-state index in [1.807, 2.05) is 102 Å². The van der Waals surface area contributed by atoms with Crippen molar-refractivity contribution >= 4 is 18.0 Å². The lowest BCUT2D eigenvalue weighted by Gasteiger charge is -2.41. The van der Waals surface area contributed by atoms with E-state index < -0.39 is 6.04 Å². The summed E-state index contributed by atoms with van der Waals surface area (Å²) in [5.74, 6) is 0.246. The van der Waals surface area contributed by atoms with Crippen molar-refractivity contribution in [2.24, 2.45) is 0 Å². The molecule has 2 fully saturated rings. The standard InChI is InChI=1S/C32H47N5O3.C3H8O.C2H6/c1-7-13-24(5)37(32(40)33-25(6)23(4)8-2)28-18-20-36(21-19-28)31(39)34-29-17-16-27(22-35(9-3)30(29)38)26-14-11-10-12-15-26;1-3-4-2;1-2/h7-8,10-15,24,27-29H,6,9,16-22H2,1-5H3,(H,33,40)(H,34,39);3H2,1-2H3;1-2H3/b13-7-,23-8-;;/t24?,27-,29-;;/m1../s1. The van der Waals surface area contributed by atoms with Crippen molar-refractivity contribution in [1.29, 1.82) is 0 Å². The molecule has 2 aliphatic heterocycles. The van der Waals surface area contributed by atoms with Crippen molar-refractivity contribution in [2.45, 2.75) is 105 Å². The average Bonchev–Trinajstić information content (AvgIpc) is 3.24. The van der Waals surface area contributed by atoms with Crippen LogP contribution in [0, 0.1) is 0 Å². The minimum atomic E-state index is -0.531. The minimum Gasteiger partial charge on any atom is -0.385 e. The lowest BCUT2D eigenvalue weighted by atomic mass is 9.94. The fraction of sp³-hybridized carbons (Fsp3) is 0.595. The Hall–Kier alpha value is -3.59. The van der Waals surface area contributed by atoms with Crippen LogP contribution in [0.3, 0.4) is 0 Å². The van der Waals surface area contributed by atoms with Gasteiger partial charge in [0.15, 0.2) is 0 Å². The van der Waals surface area contributed by atoms with Gasteiger partial charge >= 0.3 is 12.1 Å². The highest BCUT2D eigenvalue weighted by Crippen LogP contribution is 2.27. The molecule has 46 heavy (non-hydrogen) atoms. The molecule has 3 atom stereocenters. The molecule has 9 nitrogen and oxygen atoms in total. The second kappa shape index (κ2) is 22.0. The van der Waals surface area contributed by atoms with Gasteiger partial charge in [0.2, 0.25) is 5.91 Å². The quantitative estimate of drug-likeness (QED) is 0.223. The van der Waals surface area contributed by atoms with Gasteiger partial charge < -0.3 is 30.1 Å². The number of benzene rings is 1. The largest absolute Gasteiger partial charge is 0.385 e. The van der Waals surface area contributed by atoms with Gasteiger partial charge in [-0.2, -0.15) is 0 Å². The maximum atomic E-state index is 13.3. The van der Waals surface area contributed by atoms with Crippen molar-refractivity contribution in [3.8, 4) is 0 Å². The molecule has 9 heteroatoms. The van der Waals surface area contributed by atoms with Crippen LogP contribution in [0.2, 0.25) is 0 Å². The van der Waals surface area contributed by atoms with Gasteiger partial charge in [-0.1, -0.05) is 69.0 Å². The average molecular weight is 640 g/mol. The van der Waals surface area contributed by atoms with E-state index in [4.69, 9.17) is 0 Å². The summed E-state index contributed by atoms with van der Waals surface area (Å²) in [6.45, 7) is 22.9. The van der Waals surface area contributed by atoms with E-state index in [2.05, 4.69) is 34.1 Å². The summed E-state index contributed by atoms with van der Waals surface area (Å²) in [5, 5.41) is 5.99. The summed E-state index contributed by atoms with van der Waals surface area (Å²) in [4.78, 5) is 45.4. The number of hydrogen-bond donors (Lipinski definition) is 2. The molecule has 2 aliphatic rings. The summed E-state index contributed by atoms with van der Waals surface area (Å²) >= 11 is 0. The number of nitrogens with zero attached hydrogens (tertiary/aromatic N) is 3. The maximum absolute atomic E-state index is 13.3. The lowest BCUT2D eigenvalue weighted by Crippen LogP contribution is -2.57. The first kappa shape index (κ1) is 40.4. The summed E-state index contributed by atoms with van der Waals surface area (Å²) in [7, 11) is 1.68. The third kappa shape index (κ3) is 12.3. The molecule has 0 aromatic heterocycles. The summed E-state index contributed by atoms with van der Waals surface area (Å²) < 4.78 is 4.54. The van der Waals surface area contributed by atoms with Gasteiger partial charge in [0, 0.05) is 63.6 Å². The molecule has 2 saturated heterocycles. The lowest BCUT2D eigenvalue weighted by molar-refractivity contribution is -0.132. The molecule has 258 valence electrons. The van der Waals surface area contributed by atoms with Gasteiger partial charge in [-0.05, 0) is 78.4 Å². The Balaban J connectivity index is 0.00000163. The van der Waals surface area contributed by atoms with Crippen molar-refractivity contribution in [3.63, 3.8) is 0 Å². The number of rotatable bonds is 9. The molecular weight excluding hydrogens is 578 g/mol. The van der Waals surface area contributed by atoms with Crippen LogP contribution >= 0.6 is 0 Å². The molecule has 2 N–H and O–H groups in total.